The number of rotatable bonds is 2. The van der Waals surface area contributed by atoms with Crippen molar-refractivity contribution in [3.63, 3.8) is 0 Å². The van der Waals surface area contributed by atoms with E-state index in [1.54, 1.807) is 13.2 Å². The molecule has 78 valence electrons. The molecule has 0 N–H and O–H groups in total. The van der Waals surface area contributed by atoms with Crippen LogP contribution < -0.4 is 4.74 Å². The highest BCUT2D eigenvalue weighted by Gasteiger charge is 2.38. The molecule has 1 amide bonds. The summed E-state index contributed by atoms with van der Waals surface area (Å²) in [5.41, 5.74) is 1.59. The first-order valence-electron chi connectivity index (χ1n) is 5.14. The summed E-state index contributed by atoms with van der Waals surface area (Å²) >= 11 is 0. The second-order valence-electron chi connectivity index (χ2n) is 4.01. The number of carbonyl (C=O) groups is 1. The van der Waals surface area contributed by atoms with Gasteiger partial charge in [-0.2, -0.15) is 0 Å². The van der Waals surface area contributed by atoms with Crippen LogP contribution in [0.3, 0.4) is 0 Å². The zero-order valence-electron chi connectivity index (χ0n) is 8.56. The van der Waals surface area contributed by atoms with E-state index in [0.29, 0.717) is 18.5 Å². The van der Waals surface area contributed by atoms with Crippen LogP contribution in [0.2, 0.25) is 0 Å². The average Bonchev–Trinajstić information content (AvgIpc) is 3.04. The third kappa shape index (κ3) is 1.28. The molecule has 1 fully saturated rings. The molecule has 1 saturated carbocycles. The van der Waals surface area contributed by atoms with Crippen LogP contribution in [-0.4, -0.2) is 28.9 Å². The van der Waals surface area contributed by atoms with Crippen molar-refractivity contribution < 1.29 is 9.53 Å². The Bertz CT molecular complexity index is 427. The van der Waals surface area contributed by atoms with Crippen LogP contribution in [0, 0.1) is 0 Å². The maximum Gasteiger partial charge on any atom is 0.256 e. The predicted octanol–water partition coefficient (Wildman–Crippen LogP) is 1.21. The van der Waals surface area contributed by atoms with Gasteiger partial charge in [-0.15, -0.1) is 0 Å². The van der Waals surface area contributed by atoms with Crippen molar-refractivity contribution in [3.05, 3.63) is 23.4 Å². The first-order valence-corrected chi connectivity index (χ1v) is 5.14. The van der Waals surface area contributed by atoms with Gasteiger partial charge in [0, 0.05) is 12.1 Å². The van der Waals surface area contributed by atoms with Crippen LogP contribution in [0.1, 0.15) is 28.9 Å². The lowest BCUT2D eigenvalue weighted by Crippen LogP contribution is -2.25. The molecule has 0 radical (unpaired) electrons. The highest BCUT2D eigenvalue weighted by molar-refractivity contribution is 5.98. The van der Waals surface area contributed by atoms with Crippen molar-refractivity contribution in [2.24, 2.45) is 0 Å². The lowest BCUT2D eigenvalue weighted by atomic mass is 10.2. The third-order valence-corrected chi connectivity index (χ3v) is 2.96. The fourth-order valence-corrected chi connectivity index (χ4v) is 1.98. The van der Waals surface area contributed by atoms with Gasteiger partial charge >= 0.3 is 0 Å². The van der Waals surface area contributed by atoms with Gasteiger partial charge in [0.25, 0.3) is 5.91 Å². The van der Waals surface area contributed by atoms with E-state index in [-0.39, 0.29) is 5.91 Å². The maximum atomic E-state index is 11.9. The van der Waals surface area contributed by atoms with E-state index in [1.807, 2.05) is 11.0 Å². The fraction of sp³-hybridized carbons (Fsp3) is 0.455. The number of hydrogen-bond acceptors (Lipinski definition) is 3. The van der Waals surface area contributed by atoms with E-state index in [4.69, 9.17) is 4.74 Å². The Labute approximate surface area is 87.9 Å². The molecule has 1 aromatic rings. The minimum Gasteiger partial charge on any atom is -0.481 e. The number of amides is 1. The normalized spacial score (nSPS) is 19.3. The minimum absolute atomic E-state index is 0.127. The van der Waals surface area contributed by atoms with Crippen LogP contribution in [0.4, 0.5) is 0 Å². The molecule has 1 aliphatic carbocycles. The van der Waals surface area contributed by atoms with E-state index in [9.17, 15) is 4.79 Å². The van der Waals surface area contributed by atoms with Gasteiger partial charge in [0.15, 0.2) is 0 Å². The molecular formula is C11H12N2O2. The molecule has 0 unspecified atom stereocenters. The topological polar surface area (TPSA) is 42.4 Å². The lowest BCUT2D eigenvalue weighted by Gasteiger charge is -2.12. The second kappa shape index (κ2) is 2.95. The highest BCUT2D eigenvalue weighted by Crippen LogP contribution is 2.34. The number of ether oxygens (including phenoxy) is 1. The molecule has 1 aliphatic heterocycles. The summed E-state index contributed by atoms with van der Waals surface area (Å²) < 4.78 is 5.05. The maximum absolute atomic E-state index is 11.9. The summed E-state index contributed by atoms with van der Waals surface area (Å²) in [5, 5.41) is 0. The number of nitrogens with zero attached hydrogens (tertiary/aromatic N) is 2. The number of aromatic nitrogens is 1. The SMILES string of the molecule is COc1ccc2c(n1)CN(C1CC1)C2=O. The van der Waals surface area contributed by atoms with E-state index in [1.165, 1.54) is 0 Å². The molecule has 0 aromatic carbocycles. The van der Waals surface area contributed by atoms with E-state index < -0.39 is 0 Å². The lowest BCUT2D eigenvalue weighted by molar-refractivity contribution is 0.0766. The summed E-state index contributed by atoms with van der Waals surface area (Å²) in [7, 11) is 1.59. The molecule has 4 nitrogen and oxygen atoms in total. The van der Waals surface area contributed by atoms with Crippen molar-refractivity contribution in [2.75, 3.05) is 7.11 Å². The van der Waals surface area contributed by atoms with Gasteiger partial charge in [0.2, 0.25) is 5.88 Å². The molecule has 2 heterocycles. The highest BCUT2D eigenvalue weighted by atomic mass is 16.5. The van der Waals surface area contributed by atoms with E-state index >= 15 is 0 Å². The zero-order valence-corrected chi connectivity index (χ0v) is 8.56. The van der Waals surface area contributed by atoms with Crippen molar-refractivity contribution in [3.8, 4) is 5.88 Å². The Morgan fingerprint density at radius 2 is 2.27 bits per heavy atom. The molecule has 3 rings (SSSR count). The van der Waals surface area contributed by atoms with Gasteiger partial charge in [0.05, 0.1) is 24.9 Å². The predicted molar refractivity (Wildman–Crippen MR) is 53.7 cm³/mol. The standard InChI is InChI=1S/C11H12N2O2/c1-15-10-5-4-8-9(12-10)6-13(11(8)14)7-2-3-7/h4-5,7H,2-3,6H2,1H3. The summed E-state index contributed by atoms with van der Waals surface area (Å²) in [6.07, 6.45) is 2.27. The van der Waals surface area contributed by atoms with Gasteiger partial charge in [0.1, 0.15) is 0 Å². The van der Waals surface area contributed by atoms with Gasteiger partial charge in [-0.1, -0.05) is 0 Å². The summed E-state index contributed by atoms with van der Waals surface area (Å²) in [5.74, 6) is 0.710. The second-order valence-corrected chi connectivity index (χ2v) is 4.01. The van der Waals surface area contributed by atoms with Crippen molar-refractivity contribution >= 4 is 5.91 Å². The van der Waals surface area contributed by atoms with Crippen molar-refractivity contribution in [1.29, 1.82) is 0 Å². The van der Waals surface area contributed by atoms with Crippen LogP contribution in [0.5, 0.6) is 5.88 Å². The zero-order chi connectivity index (χ0) is 10.4. The Morgan fingerprint density at radius 1 is 1.47 bits per heavy atom. The van der Waals surface area contributed by atoms with Crippen molar-refractivity contribution in [2.45, 2.75) is 25.4 Å². The van der Waals surface area contributed by atoms with Gasteiger partial charge < -0.3 is 9.64 Å². The van der Waals surface area contributed by atoms with Gasteiger partial charge in [-0.25, -0.2) is 4.98 Å². The van der Waals surface area contributed by atoms with Crippen molar-refractivity contribution in [1.82, 2.24) is 9.88 Å². The van der Waals surface area contributed by atoms with Crippen LogP contribution in [0.15, 0.2) is 12.1 Å². The molecule has 0 atom stereocenters. The minimum atomic E-state index is 0.127. The van der Waals surface area contributed by atoms with E-state index in [2.05, 4.69) is 4.98 Å². The molecule has 1 aromatic heterocycles. The smallest absolute Gasteiger partial charge is 0.256 e. The molecule has 0 spiro atoms. The number of fused-ring (bicyclic) bond motifs is 1. The average molecular weight is 204 g/mol. The molecule has 2 aliphatic rings. The quantitative estimate of drug-likeness (QED) is 0.727. The van der Waals surface area contributed by atoms with Crippen LogP contribution in [0.25, 0.3) is 0 Å². The molecule has 15 heavy (non-hydrogen) atoms. The monoisotopic (exact) mass is 204 g/mol. The summed E-state index contributed by atoms with van der Waals surface area (Å²) in [4.78, 5) is 18.1. The fourth-order valence-electron chi connectivity index (χ4n) is 1.98. The number of hydrogen-bond donors (Lipinski definition) is 0. The number of methoxy groups -OCH3 is 1. The van der Waals surface area contributed by atoms with Crippen LogP contribution in [-0.2, 0) is 6.54 Å². The number of carbonyl (C=O) groups excluding carboxylic acids is 1. The largest absolute Gasteiger partial charge is 0.481 e. The molecule has 4 heteroatoms. The Morgan fingerprint density at radius 3 is 2.93 bits per heavy atom. The van der Waals surface area contributed by atoms with Crippen LogP contribution >= 0.6 is 0 Å². The van der Waals surface area contributed by atoms with Gasteiger partial charge in [-0.05, 0) is 18.9 Å². The molecule has 0 saturated heterocycles. The Hall–Kier alpha value is -1.58. The third-order valence-electron chi connectivity index (χ3n) is 2.96. The Kier molecular flexibility index (Phi) is 1.71. The first-order chi connectivity index (χ1) is 7.29. The number of pyridine rings is 1. The summed E-state index contributed by atoms with van der Waals surface area (Å²) in [6, 6.07) is 4.01. The molecule has 0 bridgehead atoms. The van der Waals surface area contributed by atoms with E-state index in [0.717, 1.165) is 24.1 Å². The summed E-state index contributed by atoms with van der Waals surface area (Å²) in [6.45, 7) is 0.649. The van der Waals surface area contributed by atoms with Gasteiger partial charge in [-0.3, -0.25) is 4.79 Å². The molecular weight excluding hydrogens is 192 g/mol. The first kappa shape index (κ1) is 8.71. The Balaban J connectivity index is 1.96.